The van der Waals surface area contributed by atoms with Gasteiger partial charge in [0, 0.05) is 6.04 Å². The molecular formula is C19H33NO. The lowest BCUT2D eigenvalue weighted by atomic mass is 10.0. The van der Waals surface area contributed by atoms with Crippen LogP contribution >= 0.6 is 0 Å². The van der Waals surface area contributed by atoms with E-state index in [1.807, 2.05) is 0 Å². The van der Waals surface area contributed by atoms with Crippen molar-refractivity contribution in [3.63, 3.8) is 0 Å². The van der Waals surface area contributed by atoms with Gasteiger partial charge in [-0.15, -0.1) is 0 Å². The number of benzene rings is 1. The maximum atomic E-state index is 6.05. The molecule has 1 aromatic rings. The van der Waals surface area contributed by atoms with Crippen LogP contribution in [0.15, 0.2) is 18.2 Å². The van der Waals surface area contributed by atoms with E-state index in [1.165, 1.54) is 30.4 Å². The fourth-order valence-corrected chi connectivity index (χ4v) is 2.55. The average Bonchev–Trinajstić information content (AvgIpc) is 2.46. The Bertz CT molecular complexity index is 401. The summed E-state index contributed by atoms with van der Waals surface area (Å²) in [4.78, 5) is 0. The van der Waals surface area contributed by atoms with E-state index in [0.717, 1.165) is 25.3 Å². The van der Waals surface area contributed by atoms with Crippen molar-refractivity contribution < 1.29 is 4.74 Å². The monoisotopic (exact) mass is 291 g/mol. The molecule has 0 saturated heterocycles. The normalized spacial score (nSPS) is 12.7. The molecule has 0 heterocycles. The van der Waals surface area contributed by atoms with Crippen LogP contribution in [0.4, 0.5) is 0 Å². The molecule has 1 aromatic carbocycles. The SMILES string of the molecule is CCCNC(CC)CCCOc1cc(C)ccc1C(C)C. The Hall–Kier alpha value is -1.02. The number of ether oxygens (including phenoxy) is 1. The van der Waals surface area contributed by atoms with E-state index < -0.39 is 0 Å². The first kappa shape index (κ1) is 18.0. The minimum absolute atomic E-state index is 0.509. The largest absolute Gasteiger partial charge is 0.493 e. The second-order valence-electron chi connectivity index (χ2n) is 6.25. The first-order valence-electron chi connectivity index (χ1n) is 8.55. The van der Waals surface area contributed by atoms with Crippen LogP contribution in [-0.4, -0.2) is 19.2 Å². The summed E-state index contributed by atoms with van der Waals surface area (Å²) in [6.07, 6.45) is 4.70. The van der Waals surface area contributed by atoms with Gasteiger partial charge in [-0.2, -0.15) is 0 Å². The van der Waals surface area contributed by atoms with Crippen LogP contribution in [0.1, 0.15) is 70.4 Å². The molecule has 21 heavy (non-hydrogen) atoms. The highest BCUT2D eigenvalue weighted by Crippen LogP contribution is 2.27. The molecule has 0 aromatic heterocycles. The standard InChI is InChI=1S/C19H33NO/c1-6-12-20-17(7-2)9-8-13-21-19-14-16(5)10-11-18(19)15(3)4/h10-11,14-15,17,20H,6-9,12-13H2,1-5H3. The molecule has 2 nitrogen and oxygen atoms in total. The minimum atomic E-state index is 0.509. The molecule has 0 aliphatic heterocycles. The summed E-state index contributed by atoms with van der Waals surface area (Å²) in [6.45, 7) is 13.0. The summed E-state index contributed by atoms with van der Waals surface area (Å²) in [7, 11) is 0. The first-order valence-corrected chi connectivity index (χ1v) is 8.55. The van der Waals surface area contributed by atoms with Crippen LogP contribution in [0.3, 0.4) is 0 Å². The number of aryl methyl sites for hydroxylation is 1. The lowest BCUT2D eigenvalue weighted by molar-refractivity contribution is 0.290. The second-order valence-corrected chi connectivity index (χ2v) is 6.25. The fourth-order valence-electron chi connectivity index (χ4n) is 2.55. The molecule has 1 rings (SSSR count). The van der Waals surface area contributed by atoms with E-state index >= 15 is 0 Å². The van der Waals surface area contributed by atoms with Crippen molar-refractivity contribution in [2.45, 2.75) is 72.3 Å². The fraction of sp³-hybridized carbons (Fsp3) is 0.684. The molecule has 120 valence electrons. The Morgan fingerprint density at radius 3 is 2.57 bits per heavy atom. The zero-order valence-corrected chi connectivity index (χ0v) is 14.5. The Labute approximate surface area is 131 Å². The van der Waals surface area contributed by atoms with Gasteiger partial charge < -0.3 is 10.1 Å². The van der Waals surface area contributed by atoms with E-state index in [1.54, 1.807) is 0 Å². The van der Waals surface area contributed by atoms with Crippen LogP contribution in [0.25, 0.3) is 0 Å². The van der Waals surface area contributed by atoms with Gasteiger partial charge in [0.05, 0.1) is 6.61 Å². The van der Waals surface area contributed by atoms with Crippen molar-refractivity contribution in [3.05, 3.63) is 29.3 Å². The topological polar surface area (TPSA) is 21.3 Å². The summed E-state index contributed by atoms with van der Waals surface area (Å²) < 4.78 is 6.05. The molecule has 0 radical (unpaired) electrons. The molecule has 1 N–H and O–H groups in total. The van der Waals surface area contributed by atoms with Crippen LogP contribution in [-0.2, 0) is 0 Å². The molecule has 0 aliphatic carbocycles. The Morgan fingerprint density at radius 2 is 1.95 bits per heavy atom. The highest BCUT2D eigenvalue weighted by atomic mass is 16.5. The zero-order chi connectivity index (χ0) is 15.7. The maximum absolute atomic E-state index is 6.05. The summed E-state index contributed by atoms with van der Waals surface area (Å²) in [5.41, 5.74) is 2.59. The predicted molar refractivity (Wildman–Crippen MR) is 92.4 cm³/mol. The molecule has 0 fully saturated rings. The maximum Gasteiger partial charge on any atom is 0.122 e. The summed E-state index contributed by atoms with van der Waals surface area (Å²) in [6, 6.07) is 7.18. The molecule has 0 spiro atoms. The zero-order valence-electron chi connectivity index (χ0n) is 14.5. The van der Waals surface area contributed by atoms with Crippen molar-refractivity contribution in [3.8, 4) is 5.75 Å². The molecule has 0 saturated carbocycles. The number of rotatable bonds is 10. The smallest absolute Gasteiger partial charge is 0.122 e. The highest BCUT2D eigenvalue weighted by Gasteiger charge is 2.09. The molecule has 2 heteroatoms. The van der Waals surface area contributed by atoms with Gasteiger partial charge in [-0.25, -0.2) is 0 Å². The molecule has 0 bridgehead atoms. The second kappa shape index (κ2) is 9.83. The van der Waals surface area contributed by atoms with E-state index in [2.05, 4.69) is 58.1 Å². The lowest BCUT2D eigenvalue weighted by Gasteiger charge is -2.18. The van der Waals surface area contributed by atoms with Crippen molar-refractivity contribution in [1.82, 2.24) is 5.32 Å². The Balaban J connectivity index is 2.43. The number of hydrogen-bond acceptors (Lipinski definition) is 2. The third-order valence-corrected chi connectivity index (χ3v) is 3.92. The van der Waals surface area contributed by atoms with E-state index in [0.29, 0.717) is 12.0 Å². The molecule has 0 aliphatic rings. The van der Waals surface area contributed by atoms with E-state index in [4.69, 9.17) is 4.74 Å². The molecule has 1 atom stereocenters. The predicted octanol–water partition coefficient (Wildman–Crippen LogP) is 5.06. The molecular weight excluding hydrogens is 258 g/mol. The first-order chi connectivity index (χ1) is 10.1. The van der Waals surface area contributed by atoms with Crippen molar-refractivity contribution in [2.75, 3.05) is 13.2 Å². The van der Waals surface area contributed by atoms with Gasteiger partial charge in [0.25, 0.3) is 0 Å². The van der Waals surface area contributed by atoms with Gasteiger partial charge >= 0.3 is 0 Å². The van der Waals surface area contributed by atoms with Crippen LogP contribution in [0, 0.1) is 6.92 Å². The third kappa shape index (κ3) is 6.52. The van der Waals surface area contributed by atoms with Gasteiger partial charge in [-0.1, -0.05) is 39.8 Å². The third-order valence-electron chi connectivity index (χ3n) is 3.92. The average molecular weight is 291 g/mol. The quantitative estimate of drug-likeness (QED) is 0.609. The lowest BCUT2D eigenvalue weighted by Crippen LogP contribution is -2.29. The van der Waals surface area contributed by atoms with Gasteiger partial charge in [-0.05, 0) is 62.3 Å². The van der Waals surface area contributed by atoms with E-state index in [9.17, 15) is 0 Å². The van der Waals surface area contributed by atoms with Crippen molar-refractivity contribution in [2.24, 2.45) is 0 Å². The molecule has 0 amide bonds. The summed E-state index contributed by atoms with van der Waals surface area (Å²) in [5, 5.41) is 3.60. The van der Waals surface area contributed by atoms with Gasteiger partial charge in [-0.3, -0.25) is 0 Å². The van der Waals surface area contributed by atoms with Crippen molar-refractivity contribution >= 4 is 0 Å². The van der Waals surface area contributed by atoms with Gasteiger partial charge in [0.2, 0.25) is 0 Å². The Morgan fingerprint density at radius 1 is 1.19 bits per heavy atom. The summed E-state index contributed by atoms with van der Waals surface area (Å²) >= 11 is 0. The van der Waals surface area contributed by atoms with Crippen LogP contribution < -0.4 is 10.1 Å². The van der Waals surface area contributed by atoms with Crippen LogP contribution in [0.5, 0.6) is 5.75 Å². The summed E-state index contributed by atoms with van der Waals surface area (Å²) in [5.74, 6) is 1.58. The van der Waals surface area contributed by atoms with Gasteiger partial charge in [0.15, 0.2) is 0 Å². The van der Waals surface area contributed by atoms with Crippen molar-refractivity contribution in [1.29, 1.82) is 0 Å². The van der Waals surface area contributed by atoms with Gasteiger partial charge in [0.1, 0.15) is 5.75 Å². The number of nitrogens with one attached hydrogen (secondary N) is 1. The Kier molecular flexibility index (Phi) is 8.44. The van der Waals surface area contributed by atoms with E-state index in [-0.39, 0.29) is 0 Å². The minimum Gasteiger partial charge on any atom is -0.493 e. The number of hydrogen-bond donors (Lipinski definition) is 1. The van der Waals surface area contributed by atoms with Crippen LogP contribution in [0.2, 0.25) is 0 Å². The highest BCUT2D eigenvalue weighted by molar-refractivity contribution is 5.39. The molecule has 1 unspecified atom stereocenters.